The standard InChI is InChI=1S/C26H28N2O6/c1-26(15-10-11-15,24(32)28-13-16(29)12-22(28)23(30)31)27-25(33)34-14-21-19-8-4-2-6-17(19)18-7-3-5-9-20(18)21/h2-9,15-16,21-22,29H,10-14H2,1H3,(H,27,33)(H,30,31). The van der Waals surface area contributed by atoms with Crippen molar-refractivity contribution in [1.82, 2.24) is 10.2 Å². The molecular weight excluding hydrogens is 436 g/mol. The van der Waals surface area contributed by atoms with Crippen LogP contribution in [0.5, 0.6) is 0 Å². The van der Waals surface area contributed by atoms with Crippen molar-refractivity contribution >= 4 is 18.0 Å². The highest BCUT2D eigenvalue weighted by atomic mass is 16.5. The Morgan fingerprint density at radius 2 is 1.65 bits per heavy atom. The molecule has 0 radical (unpaired) electrons. The number of carbonyl (C=O) groups excluding carboxylic acids is 2. The zero-order chi connectivity index (χ0) is 24.0. The lowest BCUT2D eigenvalue weighted by atomic mass is 9.93. The predicted octanol–water partition coefficient (Wildman–Crippen LogP) is 2.74. The summed E-state index contributed by atoms with van der Waals surface area (Å²) in [7, 11) is 0. The third-order valence-electron chi connectivity index (χ3n) is 7.37. The van der Waals surface area contributed by atoms with Crippen LogP contribution in [-0.4, -0.2) is 63.9 Å². The number of alkyl carbamates (subject to hydrolysis) is 1. The molecule has 0 bridgehead atoms. The van der Waals surface area contributed by atoms with Crippen LogP contribution in [0.1, 0.15) is 43.2 Å². The molecule has 3 atom stereocenters. The van der Waals surface area contributed by atoms with Gasteiger partial charge in [-0.25, -0.2) is 9.59 Å². The molecule has 5 rings (SSSR count). The van der Waals surface area contributed by atoms with Gasteiger partial charge >= 0.3 is 12.1 Å². The molecule has 1 aliphatic heterocycles. The fourth-order valence-corrected chi connectivity index (χ4v) is 5.41. The van der Waals surface area contributed by atoms with Crippen LogP contribution >= 0.6 is 0 Å². The molecule has 0 spiro atoms. The van der Waals surface area contributed by atoms with E-state index in [2.05, 4.69) is 17.4 Å². The van der Waals surface area contributed by atoms with Crippen LogP contribution < -0.4 is 5.32 Å². The van der Waals surface area contributed by atoms with Gasteiger partial charge in [-0.15, -0.1) is 0 Å². The summed E-state index contributed by atoms with van der Waals surface area (Å²) in [4.78, 5) is 39.1. The van der Waals surface area contributed by atoms with Crippen molar-refractivity contribution in [2.75, 3.05) is 13.2 Å². The molecule has 34 heavy (non-hydrogen) atoms. The molecule has 1 heterocycles. The molecule has 178 valence electrons. The molecule has 3 unspecified atom stereocenters. The number of ether oxygens (including phenoxy) is 1. The Balaban J connectivity index is 1.31. The lowest BCUT2D eigenvalue weighted by Crippen LogP contribution is -2.61. The van der Waals surface area contributed by atoms with Gasteiger partial charge in [0.25, 0.3) is 0 Å². The number of hydrogen-bond acceptors (Lipinski definition) is 5. The number of aliphatic hydroxyl groups is 1. The third-order valence-corrected chi connectivity index (χ3v) is 7.37. The van der Waals surface area contributed by atoms with Gasteiger partial charge in [0.05, 0.1) is 6.10 Å². The summed E-state index contributed by atoms with van der Waals surface area (Å²) in [5, 5.41) is 22.2. The van der Waals surface area contributed by atoms with Crippen molar-refractivity contribution in [3.05, 3.63) is 59.7 Å². The van der Waals surface area contributed by atoms with E-state index in [1.807, 2.05) is 36.4 Å². The van der Waals surface area contributed by atoms with Crippen LogP contribution in [0, 0.1) is 5.92 Å². The number of β-amino-alcohol motifs (C(OH)–C–C–N with tert-alkyl or cyclic N) is 1. The number of fused-ring (bicyclic) bond motifs is 3. The highest BCUT2D eigenvalue weighted by Gasteiger charge is 2.53. The molecule has 8 heteroatoms. The van der Waals surface area contributed by atoms with Crippen LogP contribution in [0.25, 0.3) is 11.1 Å². The number of amides is 2. The van der Waals surface area contributed by atoms with E-state index in [4.69, 9.17) is 4.74 Å². The van der Waals surface area contributed by atoms with Gasteiger partial charge in [0, 0.05) is 18.9 Å². The maximum Gasteiger partial charge on any atom is 0.408 e. The molecule has 1 saturated carbocycles. The number of aliphatic hydroxyl groups excluding tert-OH is 1. The van der Waals surface area contributed by atoms with E-state index >= 15 is 0 Å². The minimum Gasteiger partial charge on any atom is -0.480 e. The summed E-state index contributed by atoms with van der Waals surface area (Å²) in [6.45, 7) is 1.68. The van der Waals surface area contributed by atoms with Gasteiger partial charge in [0.1, 0.15) is 18.2 Å². The van der Waals surface area contributed by atoms with Crippen molar-refractivity contribution in [2.24, 2.45) is 5.92 Å². The van der Waals surface area contributed by atoms with E-state index < -0.39 is 35.7 Å². The Morgan fingerprint density at radius 1 is 1.06 bits per heavy atom. The summed E-state index contributed by atoms with van der Waals surface area (Å²) in [6, 6.07) is 15.0. The molecule has 2 aromatic rings. The summed E-state index contributed by atoms with van der Waals surface area (Å²) in [5.74, 6) is -1.87. The number of rotatable bonds is 6. The van der Waals surface area contributed by atoms with Crippen LogP contribution in [0.15, 0.2) is 48.5 Å². The fourth-order valence-electron chi connectivity index (χ4n) is 5.41. The van der Waals surface area contributed by atoms with Crippen LogP contribution in [0.2, 0.25) is 0 Å². The number of hydrogen-bond donors (Lipinski definition) is 3. The van der Waals surface area contributed by atoms with E-state index in [9.17, 15) is 24.6 Å². The first-order chi connectivity index (χ1) is 16.3. The normalized spacial score (nSPS) is 23.1. The minimum absolute atomic E-state index is 0.0211. The van der Waals surface area contributed by atoms with Crippen LogP contribution in [0.3, 0.4) is 0 Å². The molecular formula is C26H28N2O6. The number of aliphatic carboxylic acids is 1. The maximum atomic E-state index is 13.4. The highest BCUT2D eigenvalue weighted by Crippen LogP contribution is 2.45. The third kappa shape index (κ3) is 3.81. The van der Waals surface area contributed by atoms with Crippen molar-refractivity contribution in [3.8, 4) is 11.1 Å². The molecule has 3 N–H and O–H groups in total. The molecule has 2 amide bonds. The zero-order valence-corrected chi connectivity index (χ0v) is 18.9. The molecule has 2 aromatic carbocycles. The predicted molar refractivity (Wildman–Crippen MR) is 123 cm³/mol. The fraction of sp³-hybridized carbons (Fsp3) is 0.423. The number of carbonyl (C=O) groups is 3. The SMILES string of the molecule is CC(NC(=O)OCC1c2ccccc2-c2ccccc21)(C(=O)N1CC(O)CC1C(=O)O)C1CC1. The second kappa shape index (κ2) is 8.43. The largest absolute Gasteiger partial charge is 0.480 e. The second-order valence-corrected chi connectivity index (χ2v) is 9.63. The Kier molecular flexibility index (Phi) is 5.56. The van der Waals surface area contributed by atoms with Crippen LogP contribution in [-0.2, 0) is 14.3 Å². The Bertz CT molecular complexity index is 1100. The van der Waals surface area contributed by atoms with E-state index in [0.717, 1.165) is 35.1 Å². The van der Waals surface area contributed by atoms with E-state index in [0.29, 0.717) is 0 Å². The van der Waals surface area contributed by atoms with Gasteiger partial charge in [0.2, 0.25) is 5.91 Å². The minimum atomic E-state index is -1.29. The lowest BCUT2D eigenvalue weighted by Gasteiger charge is -2.35. The lowest BCUT2D eigenvalue weighted by molar-refractivity contribution is -0.151. The van der Waals surface area contributed by atoms with Crippen molar-refractivity contribution in [3.63, 3.8) is 0 Å². The smallest absolute Gasteiger partial charge is 0.408 e. The quantitative estimate of drug-likeness (QED) is 0.605. The van der Waals surface area contributed by atoms with Crippen molar-refractivity contribution < 1.29 is 29.3 Å². The number of nitrogens with zero attached hydrogens (tertiary/aromatic N) is 1. The molecule has 2 aliphatic carbocycles. The first kappa shape index (κ1) is 22.4. The van der Waals surface area contributed by atoms with Gasteiger partial charge in [-0.05, 0) is 47.9 Å². The van der Waals surface area contributed by atoms with Crippen molar-refractivity contribution in [1.29, 1.82) is 0 Å². The zero-order valence-electron chi connectivity index (χ0n) is 18.9. The Hall–Kier alpha value is -3.39. The van der Waals surface area contributed by atoms with Gasteiger partial charge in [-0.3, -0.25) is 4.79 Å². The maximum absolute atomic E-state index is 13.4. The molecule has 0 aromatic heterocycles. The summed E-state index contributed by atoms with van der Waals surface area (Å²) >= 11 is 0. The van der Waals surface area contributed by atoms with Gasteiger partial charge in [-0.2, -0.15) is 0 Å². The van der Waals surface area contributed by atoms with E-state index in [1.54, 1.807) is 6.92 Å². The summed E-state index contributed by atoms with van der Waals surface area (Å²) in [5.41, 5.74) is 3.14. The molecule has 3 aliphatic rings. The van der Waals surface area contributed by atoms with Gasteiger partial charge < -0.3 is 25.2 Å². The number of carboxylic acid groups (broad SMARTS) is 1. The number of carboxylic acids is 1. The molecule has 1 saturated heterocycles. The molecule has 2 fully saturated rings. The number of likely N-dealkylation sites (tertiary alicyclic amines) is 1. The van der Waals surface area contributed by atoms with Crippen LogP contribution in [0.4, 0.5) is 4.79 Å². The summed E-state index contributed by atoms with van der Waals surface area (Å²) in [6.07, 6.45) is -0.133. The number of nitrogens with one attached hydrogen (secondary N) is 1. The topological polar surface area (TPSA) is 116 Å². The monoisotopic (exact) mass is 464 g/mol. The van der Waals surface area contributed by atoms with Gasteiger partial charge in [0.15, 0.2) is 0 Å². The van der Waals surface area contributed by atoms with E-state index in [1.165, 1.54) is 4.90 Å². The molecule has 8 nitrogen and oxygen atoms in total. The Labute approximate surface area is 197 Å². The average molecular weight is 465 g/mol. The average Bonchev–Trinajstić information content (AvgIpc) is 3.54. The second-order valence-electron chi connectivity index (χ2n) is 9.63. The highest BCUT2D eigenvalue weighted by molar-refractivity contribution is 5.93. The first-order valence-electron chi connectivity index (χ1n) is 11.6. The summed E-state index contributed by atoms with van der Waals surface area (Å²) < 4.78 is 5.64. The number of benzene rings is 2. The first-order valence-corrected chi connectivity index (χ1v) is 11.6. The van der Waals surface area contributed by atoms with Gasteiger partial charge in [-0.1, -0.05) is 48.5 Å². The van der Waals surface area contributed by atoms with E-state index in [-0.39, 0.29) is 31.4 Å². The van der Waals surface area contributed by atoms with Crippen molar-refractivity contribution in [2.45, 2.75) is 49.8 Å². The Morgan fingerprint density at radius 3 is 2.21 bits per heavy atom.